The third-order valence-electron chi connectivity index (χ3n) is 3.58. The van der Waals surface area contributed by atoms with Gasteiger partial charge >= 0.3 is 0 Å². The molecule has 0 amide bonds. The van der Waals surface area contributed by atoms with E-state index in [-0.39, 0.29) is 6.04 Å². The Morgan fingerprint density at radius 1 is 1.38 bits per heavy atom. The normalized spacial score (nSPS) is 16.0. The Balaban J connectivity index is 1.92. The van der Waals surface area contributed by atoms with Crippen LogP contribution in [-0.2, 0) is 4.74 Å². The monoisotopic (exact) mass is 288 g/mol. The fraction of sp³-hybridized carbons (Fsp3) is 0.333. The maximum absolute atomic E-state index is 14.0. The highest BCUT2D eigenvalue weighted by molar-refractivity contribution is 5.83. The van der Waals surface area contributed by atoms with Crippen molar-refractivity contribution in [3.8, 4) is 0 Å². The second kappa shape index (κ2) is 5.65. The van der Waals surface area contributed by atoms with Crippen molar-refractivity contribution in [1.82, 2.24) is 9.97 Å². The maximum Gasteiger partial charge on any atom is 0.223 e. The molecular formula is C15H17FN4O. The number of benzene rings is 1. The lowest BCUT2D eigenvalue weighted by Gasteiger charge is -2.23. The van der Waals surface area contributed by atoms with Gasteiger partial charge in [-0.1, -0.05) is 6.58 Å². The molecule has 5 nitrogen and oxygen atoms in total. The molecule has 0 unspecified atom stereocenters. The number of fused-ring (bicyclic) bond motifs is 1. The van der Waals surface area contributed by atoms with Crippen LogP contribution in [-0.4, -0.2) is 29.2 Å². The van der Waals surface area contributed by atoms with Gasteiger partial charge in [0.15, 0.2) is 0 Å². The summed E-state index contributed by atoms with van der Waals surface area (Å²) in [5.41, 5.74) is 6.99. The van der Waals surface area contributed by atoms with Crippen molar-refractivity contribution in [3.05, 3.63) is 36.3 Å². The van der Waals surface area contributed by atoms with Crippen molar-refractivity contribution in [2.75, 3.05) is 18.5 Å². The van der Waals surface area contributed by atoms with Crippen LogP contribution in [0.4, 0.5) is 10.3 Å². The zero-order valence-corrected chi connectivity index (χ0v) is 11.6. The molecule has 21 heavy (non-hydrogen) atoms. The van der Waals surface area contributed by atoms with E-state index in [1.807, 2.05) is 0 Å². The van der Waals surface area contributed by atoms with Crippen LogP contribution in [0.5, 0.6) is 0 Å². The van der Waals surface area contributed by atoms with Gasteiger partial charge in [-0.25, -0.2) is 14.4 Å². The molecular weight excluding hydrogens is 271 g/mol. The number of nitrogens with two attached hydrogens (primary N) is 1. The van der Waals surface area contributed by atoms with Crippen molar-refractivity contribution in [1.29, 1.82) is 0 Å². The predicted octanol–water partition coefficient (Wildman–Crippen LogP) is 2.29. The molecule has 1 aliphatic rings. The van der Waals surface area contributed by atoms with Crippen LogP contribution in [0.2, 0.25) is 0 Å². The summed E-state index contributed by atoms with van der Waals surface area (Å²) < 4.78 is 19.3. The van der Waals surface area contributed by atoms with E-state index in [2.05, 4.69) is 21.9 Å². The molecule has 1 aliphatic heterocycles. The third-order valence-corrected chi connectivity index (χ3v) is 3.58. The summed E-state index contributed by atoms with van der Waals surface area (Å²) in [7, 11) is 0. The van der Waals surface area contributed by atoms with Gasteiger partial charge in [-0.15, -0.1) is 0 Å². The zero-order valence-electron chi connectivity index (χ0n) is 11.6. The van der Waals surface area contributed by atoms with Gasteiger partial charge in [0.25, 0.3) is 0 Å². The molecule has 0 radical (unpaired) electrons. The van der Waals surface area contributed by atoms with Gasteiger partial charge < -0.3 is 15.8 Å². The summed E-state index contributed by atoms with van der Waals surface area (Å²) in [5.74, 6) is 0.0975. The molecule has 3 rings (SSSR count). The Hall–Kier alpha value is -2.21. The fourth-order valence-corrected chi connectivity index (χ4v) is 2.37. The predicted molar refractivity (Wildman–Crippen MR) is 80.2 cm³/mol. The molecule has 110 valence electrons. The van der Waals surface area contributed by atoms with Crippen LogP contribution in [0.25, 0.3) is 16.6 Å². The van der Waals surface area contributed by atoms with Crippen LogP contribution in [0, 0.1) is 5.82 Å². The second-order valence-electron chi connectivity index (χ2n) is 5.14. The fourth-order valence-electron chi connectivity index (χ4n) is 2.37. The van der Waals surface area contributed by atoms with Gasteiger partial charge in [-0.05, 0) is 25.0 Å². The van der Waals surface area contributed by atoms with Crippen LogP contribution in [0.1, 0.15) is 18.4 Å². The number of nitrogens with one attached hydrogen (secondary N) is 1. The molecule has 2 aromatic rings. The number of halogens is 1. The molecule has 1 saturated heterocycles. The number of anilines is 1. The topological polar surface area (TPSA) is 73.1 Å². The maximum atomic E-state index is 14.0. The van der Waals surface area contributed by atoms with Gasteiger partial charge in [-0.2, -0.15) is 0 Å². The molecule has 0 saturated carbocycles. The number of aromatic nitrogens is 2. The Kier molecular flexibility index (Phi) is 3.70. The van der Waals surface area contributed by atoms with Crippen molar-refractivity contribution < 1.29 is 9.13 Å². The van der Waals surface area contributed by atoms with Gasteiger partial charge in [0.2, 0.25) is 5.95 Å². The second-order valence-corrected chi connectivity index (χ2v) is 5.14. The smallest absolute Gasteiger partial charge is 0.223 e. The minimum Gasteiger partial charge on any atom is -0.399 e. The lowest BCUT2D eigenvalue weighted by Crippen LogP contribution is -2.28. The number of rotatable bonds is 3. The first kappa shape index (κ1) is 13.8. The van der Waals surface area contributed by atoms with Crippen LogP contribution in [0.15, 0.2) is 24.9 Å². The lowest BCUT2D eigenvalue weighted by molar-refractivity contribution is 0.0903. The van der Waals surface area contributed by atoms with Crippen molar-refractivity contribution in [2.45, 2.75) is 18.9 Å². The van der Waals surface area contributed by atoms with E-state index in [1.165, 1.54) is 12.3 Å². The van der Waals surface area contributed by atoms with E-state index in [0.717, 1.165) is 26.1 Å². The quantitative estimate of drug-likeness (QED) is 0.906. The summed E-state index contributed by atoms with van der Waals surface area (Å²) in [5, 5.41) is 3.64. The van der Waals surface area contributed by atoms with Crippen LogP contribution < -0.4 is 11.1 Å². The molecule has 0 atom stereocenters. The lowest BCUT2D eigenvalue weighted by atomic mass is 10.1. The molecule has 1 aromatic heterocycles. The first-order valence-electron chi connectivity index (χ1n) is 6.89. The van der Waals surface area contributed by atoms with Crippen molar-refractivity contribution in [3.63, 3.8) is 0 Å². The summed E-state index contributed by atoms with van der Waals surface area (Å²) >= 11 is 0. The van der Waals surface area contributed by atoms with Crippen LogP contribution >= 0.6 is 0 Å². The SMILES string of the molecule is C=C(N)c1cc(F)c2cnc(NC3CCOCC3)nc2c1. The van der Waals surface area contributed by atoms with Gasteiger partial charge in [0.1, 0.15) is 5.82 Å². The number of hydrogen-bond acceptors (Lipinski definition) is 5. The first-order chi connectivity index (χ1) is 10.1. The minimum atomic E-state index is -0.397. The summed E-state index contributed by atoms with van der Waals surface area (Å²) in [4.78, 5) is 8.55. The first-order valence-corrected chi connectivity index (χ1v) is 6.89. The molecule has 1 aromatic carbocycles. The molecule has 1 fully saturated rings. The molecule has 0 spiro atoms. The van der Waals surface area contributed by atoms with E-state index in [9.17, 15) is 4.39 Å². The highest BCUT2D eigenvalue weighted by atomic mass is 19.1. The third kappa shape index (κ3) is 2.95. The van der Waals surface area contributed by atoms with Crippen molar-refractivity contribution >= 4 is 22.5 Å². The van der Waals surface area contributed by atoms with Gasteiger partial charge in [-0.3, -0.25) is 0 Å². The largest absolute Gasteiger partial charge is 0.399 e. The van der Waals surface area contributed by atoms with E-state index >= 15 is 0 Å². The standard InChI is InChI=1S/C15H17FN4O/c1-9(17)10-6-13(16)12-8-18-15(20-14(12)7-10)19-11-2-4-21-5-3-11/h6-8,11H,1-5,17H2,(H,18,19,20). The van der Waals surface area contributed by atoms with E-state index in [1.54, 1.807) is 6.07 Å². The summed E-state index contributed by atoms with van der Waals surface area (Å²) in [6, 6.07) is 3.35. The van der Waals surface area contributed by atoms with Gasteiger partial charge in [0.05, 0.1) is 10.9 Å². The number of nitrogens with zero attached hydrogens (tertiary/aromatic N) is 2. The van der Waals surface area contributed by atoms with Gasteiger partial charge in [0, 0.05) is 36.7 Å². The number of ether oxygens (including phenoxy) is 1. The highest BCUT2D eigenvalue weighted by Crippen LogP contribution is 2.22. The average Bonchev–Trinajstić information content (AvgIpc) is 2.48. The number of hydrogen-bond donors (Lipinski definition) is 2. The summed E-state index contributed by atoms with van der Waals surface area (Å²) in [6.07, 6.45) is 3.31. The Bertz CT molecular complexity index is 683. The van der Waals surface area contributed by atoms with E-state index < -0.39 is 5.82 Å². The van der Waals surface area contributed by atoms with E-state index in [0.29, 0.717) is 28.1 Å². The van der Waals surface area contributed by atoms with E-state index in [4.69, 9.17) is 10.5 Å². The molecule has 2 heterocycles. The molecule has 6 heteroatoms. The Labute approximate surface area is 122 Å². The summed E-state index contributed by atoms with van der Waals surface area (Å²) in [6.45, 7) is 5.09. The Morgan fingerprint density at radius 2 is 2.14 bits per heavy atom. The average molecular weight is 288 g/mol. The minimum absolute atomic E-state index is 0.286. The Morgan fingerprint density at radius 3 is 2.86 bits per heavy atom. The molecule has 3 N–H and O–H groups in total. The zero-order chi connectivity index (χ0) is 14.8. The molecule has 0 aliphatic carbocycles. The highest BCUT2D eigenvalue weighted by Gasteiger charge is 2.15. The van der Waals surface area contributed by atoms with Crippen LogP contribution in [0.3, 0.4) is 0 Å². The molecule has 0 bridgehead atoms. The van der Waals surface area contributed by atoms with Crippen molar-refractivity contribution in [2.24, 2.45) is 5.73 Å².